The molecule has 0 unspecified atom stereocenters. The molecule has 3 aromatic rings. The van der Waals surface area contributed by atoms with Crippen molar-refractivity contribution >= 4 is 31.6 Å². The number of aromatic nitrogens is 1. The lowest BCUT2D eigenvalue weighted by Crippen LogP contribution is -2.14. The maximum atomic E-state index is 12.8. The van der Waals surface area contributed by atoms with Gasteiger partial charge in [0.05, 0.1) is 10.6 Å². The highest BCUT2D eigenvalue weighted by molar-refractivity contribution is 9.10. The Morgan fingerprint density at radius 3 is 2.48 bits per heavy atom. The molecular weight excluding hydrogens is 404 g/mol. The molecule has 0 aliphatic rings. The van der Waals surface area contributed by atoms with Gasteiger partial charge in [-0.15, -0.1) is 0 Å². The van der Waals surface area contributed by atoms with Crippen molar-refractivity contribution in [2.75, 3.05) is 4.72 Å². The minimum Gasteiger partial charge on any atom is -0.356 e. The fourth-order valence-electron chi connectivity index (χ4n) is 2.48. The van der Waals surface area contributed by atoms with Gasteiger partial charge in [-0.25, -0.2) is 8.42 Å². The highest BCUT2D eigenvalue weighted by Gasteiger charge is 2.20. The van der Waals surface area contributed by atoms with Crippen molar-refractivity contribution in [3.8, 4) is 11.3 Å². The highest BCUT2D eigenvalue weighted by atomic mass is 79.9. The second kappa shape index (κ2) is 6.65. The minimum atomic E-state index is -3.73. The number of sulfonamides is 1. The molecule has 0 bridgehead atoms. The summed E-state index contributed by atoms with van der Waals surface area (Å²) in [5.74, 6) is 0.580. The van der Waals surface area contributed by atoms with Crippen molar-refractivity contribution in [1.82, 2.24) is 5.16 Å². The molecule has 0 atom stereocenters. The summed E-state index contributed by atoms with van der Waals surface area (Å²) in [6, 6.07) is 12.2. The Kier molecular flexibility index (Phi) is 4.71. The fraction of sp³-hybridized carbons (Fsp3) is 0.167. The van der Waals surface area contributed by atoms with Crippen LogP contribution in [-0.4, -0.2) is 13.6 Å². The van der Waals surface area contributed by atoms with Gasteiger partial charge in [-0.1, -0.05) is 39.3 Å². The van der Waals surface area contributed by atoms with Crippen LogP contribution in [-0.2, 0) is 10.0 Å². The predicted molar refractivity (Wildman–Crippen MR) is 101 cm³/mol. The van der Waals surface area contributed by atoms with Gasteiger partial charge in [-0.2, -0.15) is 0 Å². The van der Waals surface area contributed by atoms with E-state index in [-0.39, 0.29) is 4.90 Å². The molecule has 0 radical (unpaired) electrons. The van der Waals surface area contributed by atoms with Crippen LogP contribution >= 0.6 is 15.9 Å². The van der Waals surface area contributed by atoms with Gasteiger partial charge in [0, 0.05) is 21.3 Å². The second-order valence-electron chi connectivity index (χ2n) is 5.82. The van der Waals surface area contributed by atoms with E-state index in [9.17, 15) is 8.42 Å². The highest BCUT2D eigenvalue weighted by Crippen LogP contribution is 2.30. The summed E-state index contributed by atoms with van der Waals surface area (Å²) < 4.78 is 34.4. The molecule has 0 saturated carbocycles. The average Bonchev–Trinajstić information content (AvgIpc) is 2.87. The third-order valence-corrected chi connectivity index (χ3v) is 5.99. The Balaban J connectivity index is 2.04. The summed E-state index contributed by atoms with van der Waals surface area (Å²) in [5, 5.41) is 3.94. The van der Waals surface area contributed by atoms with Crippen LogP contribution in [0.5, 0.6) is 0 Å². The minimum absolute atomic E-state index is 0.207. The van der Waals surface area contributed by atoms with Gasteiger partial charge >= 0.3 is 0 Å². The lowest BCUT2D eigenvalue weighted by atomic mass is 10.1. The Morgan fingerprint density at radius 1 is 1.08 bits per heavy atom. The van der Waals surface area contributed by atoms with Crippen molar-refractivity contribution < 1.29 is 12.9 Å². The molecule has 130 valence electrons. The van der Waals surface area contributed by atoms with Gasteiger partial charge in [0.15, 0.2) is 5.76 Å². The molecule has 0 spiro atoms. The quantitative estimate of drug-likeness (QED) is 0.655. The standard InChI is InChI=1S/C18H17BrN2O3S/c1-11-7-8-14(18-12(2)13(3)20-24-18)9-17(11)25(22,23)21-16-6-4-5-15(19)10-16/h4-10,21H,1-3H3. The number of nitrogens with one attached hydrogen (secondary N) is 1. The normalized spacial score (nSPS) is 11.5. The van der Waals surface area contributed by atoms with Crippen molar-refractivity contribution in [3.63, 3.8) is 0 Å². The molecule has 0 aliphatic heterocycles. The first-order valence-electron chi connectivity index (χ1n) is 7.60. The van der Waals surface area contributed by atoms with E-state index in [2.05, 4.69) is 25.8 Å². The molecule has 1 N–H and O–H groups in total. The van der Waals surface area contributed by atoms with E-state index >= 15 is 0 Å². The second-order valence-corrected chi connectivity index (χ2v) is 8.38. The Hall–Kier alpha value is -2.12. The monoisotopic (exact) mass is 420 g/mol. The van der Waals surface area contributed by atoms with E-state index < -0.39 is 10.0 Å². The molecule has 0 amide bonds. The average molecular weight is 421 g/mol. The third kappa shape index (κ3) is 3.62. The number of aryl methyl sites for hydroxylation is 2. The smallest absolute Gasteiger partial charge is 0.262 e. The summed E-state index contributed by atoms with van der Waals surface area (Å²) in [6.45, 7) is 5.51. The van der Waals surface area contributed by atoms with Crippen LogP contribution < -0.4 is 4.72 Å². The van der Waals surface area contributed by atoms with Crippen LogP contribution in [0.25, 0.3) is 11.3 Å². The first-order chi connectivity index (χ1) is 11.8. The first-order valence-corrected chi connectivity index (χ1v) is 9.88. The van der Waals surface area contributed by atoms with Crippen LogP contribution in [0.1, 0.15) is 16.8 Å². The third-order valence-electron chi connectivity index (χ3n) is 3.97. The molecule has 0 saturated heterocycles. The van der Waals surface area contributed by atoms with Gasteiger partial charge in [-0.3, -0.25) is 4.72 Å². The lowest BCUT2D eigenvalue weighted by molar-refractivity contribution is 0.427. The van der Waals surface area contributed by atoms with E-state index in [4.69, 9.17) is 4.52 Å². The Bertz CT molecular complexity index is 1040. The zero-order valence-corrected chi connectivity index (χ0v) is 16.4. The summed E-state index contributed by atoms with van der Waals surface area (Å²) in [7, 11) is -3.73. The molecule has 3 rings (SSSR count). The number of hydrogen-bond acceptors (Lipinski definition) is 4. The van der Waals surface area contributed by atoms with Gasteiger partial charge in [0.25, 0.3) is 10.0 Å². The van der Waals surface area contributed by atoms with Crippen LogP contribution in [0.4, 0.5) is 5.69 Å². The predicted octanol–water partition coefficient (Wildman–Crippen LogP) is 4.83. The Morgan fingerprint density at radius 2 is 1.84 bits per heavy atom. The SMILES string of the molecule is Cc1ccc(-c2onc(C)c2C)cc1S(=O)(=O)Nc1cccc(Br)c1. The topological polar surface area (TPSA) is 72.2 Å². The summed E-state index contributed by atoms with van der Waals surface area (Å²) >= 11 is 3.34. The molecule has 1 heterocycles. The molecule has 5 nitrogen and oxygen atoms in total. The van der Waals surface area contributed by atoms with Crippen molar-refractivity contribution in [2.45, 2.75) is 25.7 Å². The number of nitrogens with zero attached hydrogens (tertiary/aromatic N) is 1. The summed E-state index contributed by atoms with van der Waals surface area (Å²) in [6.07, 6.45) is 0. The number of halogens is 1. The van der Waals surface area contributed by atoms with E-state index in [0.29, 0.717) is 22.6 Å². The lowest BCUT2D eigenvalue weighted by Gasteiger charge is -2.12. The van der Waals surface area contributed by atoms with Crippen LogP contribution in [0.2, 0.25) is 0 Å². The number of anilines is 1. The van der Waals surface area contributed by atoms with E-state index in [1.807, 2.05) is 26.0 Å². The van der Waals surface area contributed by atoms with Gasteiger partial charge in [0.1, 0.15) is 0 Å². The molecule has 0 aliphatic carbocycles. The molecule has 2 aromatic carbocycles. The van der Waals surface area contributed by atoms with Gasteiger partial charge in [0.2, 0.25) is 0 Å². The number of hydrogen-bond donors (Lipinski definition) is 1. The zero-order chi connectivity index (χ0) is 18.2. The fourth-order valence-corrected chi connectivity index (χ4v) is 4.20. The van der Waals surface area contributed by atoms with Gasteiger partial charge < -0.3 is 4.52 Å². The molecular formula is C18H17BrN2O3S. The number of rotatable bonds is 4. The summed E-state index contributed by atoms with van der Waals surface area (Å²) in [4.78, 5) is 0.207. The van der Waals surface area contributed by atoms with E-state index in [0.717, 1.165) is 15.7 Å². The van der Waals surface area contributed by atoms with Crippen LogP contribution in [0.3, 0.4) is 0 Å². The van der Waals surface area contributed by atoms with Crippen LogP contribution in [0.15, 0.2) is 56.4 Å². The maximum Gasteiger partial charge on any atom is 0.262 e. The summed E-state index contributed by atoms with van der Waals surface area (Å²) in [5.41, 5.74) is 3.50. The first kappa shape index (κ1) is 17.7. The number of benzene rings is 2. The molecule has 7 heteroatoms. The van der Waals surface area contributed by atoms with Crippen molar-refractivity contribution in [3.05, 3.63) is 63.8 Å². The van der Waals surface area contributed by atoms with Crippen molar-refractivity contribution in [2.24, 2.45) is 0 Å². The molecule has 25 heavy (non-hydrogen) atoms. The molecule has 1 aromatic heterocycles. The van der Waals surface area contributed by atoms with Crippen LogP contribution in [0, 0.1) is 20.8 Å². The van der Waals surface area contributed by atoms with Crippen molar-refractivity contribution in [1.29, 1.82) is 0 Å². The molecule has 0 fully saturated rings. The Labute approximate surface area is 155 Å². The van der Waals surface area contributed by atoms with Gasteiger partial charge in [-0.05, 0) is 50.6 Å². The zero-order valence-electron chi connectivity index (χ0n) is 14.0. The van der Waals surface area contributed by atoms with E-state index in [1.54, 1.807) is 37.3 Å². The van der Waals surface area contributed by atoms with E-state index in [1.165, 1.54) is 0 Å². The largest absolute Gasteiger partial charge is 0.356 e. The maximum absolute atomic E-state index is 12.8.